The number of pyridine rings is 2. The van der Waals surface area contributed by atoms with Gasteiger partial charge in [0.1, 0.15) is 10.1 Å². The summed E-state index contributed by atoms with van der Waals surface area (Å²) in [5, 5.41) is 4.62. The van der Waals surface area contributed by atoms with E-state index >= 15 is 0 Å². The van der Waals surface area contributed by atoms with Crippen molar-refractivity contribution in [1.82, 2.24) is 9.97 Å². The summed E-state index contributed by atoms with van der Waals surface area (Å²) in [5.74, 6) is -0.0479. The van der Waals surface area contributed by atoms with Crippen molar-refractivity contribution in [3.05, 3.63) is 42.7 Å². The molecule has 0 spiro atoms. The van der Waals surface area contributed by atoms with Gasteiger partial charge in [0, 0.05) is 37.8 Å². The molecule has 0 radical (unpaired) electrons. The molecule has 0 aliphatic carbocycles. The van der Waals surface area contributed by atoms with E-state index in [4.69, 9.17) is 10.5 Å². The van der Waals surface area contributed by atoms with E-state index in [0.717, 1.165) is 10.1 Å². The van der Waals surface area contributed by atoms with Crippen LogP contribution in [0.2, 0.25) is 0 Å². The van der Waals surface area contributed by atoms with E-state index in [-0.39, 0.29) is 5.91 Å². The molecule has 2 aromatic rings. The Kier molecular flexibility index (Phi) is 5.44. The van der Waals surface area contributed by atoms with Crippen molar-refractivity contribution >= 4 is 23.4 Å². The molecule has 3 rings (SSSR count). The van der Waals surface area contributed by atoms with Gasteiger partial charge in [-0.3, -0.25) is 4.79 Å². The fourth-order valence-electron chi connectivity index (χ4n) is 2.61. The third-order valence-corrected chi connectivity index (χ3v) is 5.04. The lowest BCUT2D eigenvalue weighted by Crippen LogP contribution is -2.46. The highest BCUT2D eigenvalue weighted by molar-refractivity contribution is 7.99. The van der Waals surface area contributed by atoms with E-state index in [0.29, 0.717) is 38.3 Å². The second-order valence-corrected chi connectivity index (χ2v) is 6.74. The fraction of sp³-hybridized carbons (Fsp3) is 0.353. The van der Waals surface area contributed by atoms with E-state index < -0.39 is 5.41 Å². The maximum Gasteiger partial charge on any atom is 0.232 e. The van der Waals surface area contributed by atoms with Gasteiger partial charge >= 0.3 is 0 Å². The van der Waals surface area contributed by atoms with Crippen molar-refractivity contribution in [3.8, 4) is 0 Å². The van der Waals surface area contributed by atoms with Crippen LogP contribution in [0.4, 0.5) is 5.69 Å². The van der Waals surface area contributed by atoms with Gasteiger partial charge in [0.2, 0.25) is 5.91 Å². The summed E-state index contributed by atoms with van der Waals surface area (Å²) in [4.78, 5) is 21.3. The Morgan fingerprint density at radius 3 is 2.71 bits per heavy atom. The summed E-state index contributed by atoms with van der Waals surface area (Å²) in [6, 6.07) is 9.35. The molecule has 1 amide bonds. The minimum Gasteiger partial charge on any atom is -0.381 e. The normalized spacial score (nSPS) is 16.5. The Balaban J connectivity index is 1.71. The van der Waals surface area contributed by atoms with E-state index in [1.165, 1.54) is 11.8 Å². The van der Waals surface area contributed by atoms with Crippen molar-refractivity contribution in [2.75, 3.05) is 25.1 Å². The van der Waals surface area contributed by atoms with Crippen LogP contribution in [-0.4, -0.2) is 35.6 Å². The summed E-state index contributed by atoms with van der Waals surface area (Å²) in [6.07, 6.45) is 4.72. The second-order valence-electron chi connectivity index (χ2n) is 5.70. The van der Waals surface area contributed by atoms with Gasteiger partial charge in [0.05, 0.1) is 5.41 Å². The number of nitrogens with one attached hydrogen (secondary N) is 1. The highest BCUT2D eigenvalue weighted by Crippen LogP contribution is 2.31. The van der Waals surface area contributed by atoms with Crippen LogP contribution >= 0.6 is 11.8 Å². The minimum atomic E-state index is -0.546. The molecule has 24 heavy (non-hydrogen) atoms. The number of hydrogen-bond acceptors (Lipinski definition) is 6. The lowest BCUT2D eigenvalue weighted by Gasteiger charge is -2.34. The van der Waals surface area contributed by atoms with Crippen molar-refractivity contribution < 1.29 is 9.53 Å². The Hall–Kier alpha value is -1.96. The standard InChI is InChI=1S/C17H20N4O2S/c18-12-17(5-9-23-10-6-17)16(22)21-13-4-8-20-15(11-13)24-14-3-1-2-7-19-14/h1-4,7-8,11H,5-6,9-10,12,18H2,(H,20,21,22). The Morgan fingerprint density at radius 1 is 1.21 bits per heavy atom. The van der Waals surface area contributed by atoms with Gasteiger partial charge in [-0.05, 0) is 37.1 Å². The zero-order valence-electron chi connectivity index (χ0n) is 13.3. The van der Waals surface area contributed by atoms with E-state index in [9.17, 15) is 4.79 Å². The molecule has 126 valence electrons. The quantitative estimate of drug-likeness (QED) is 0.865. The molecule has 0 atom stereocenters. The maximum atomic E-state index is 12.7. The molecule has 6 nitrogen and oxygen atoms in total. The van der Waals surface area contributed by atoms with Crippen LogP contribution in [0.15, 0.2) is 52.8 Å². The fourth-order valence-corrected chi connectivity index (χ4v) is 3.38. The van der Waals surface area contributed by atoms with Gasteiger partial charge in [-0.25, -0.2) is 9.97 Å². The molecule has 2 aromatic heterocycles. The van der Waals surface area contributed by atoms with Crippen molar-refractivity contribution in [2.45, 2.75) is 22.9 Å². The number of hydrogen-bond donors (Lipinski definition) is 2. The van der Waals surface area contributed by atoms with E-state index in [1.807, 2.05) is 24.3 Å². The van der Waals surface area contributed by atoms with Crippen LogP contribution in [0.3, 0.4) is 0 Å². The highest BCUT2D eigenvalue weighted by atomic mass is 32.2. The largest absolute Gasteiger partial charge is 0.381 e. The first kappa shape index (κ1) is 16.9. The number of carbonyl (C=O) groups is 1. The van der Waals surface area contributed by atoms with Gasteiger partial charge in [-0.1, -0.05) is 17.8 Å². The van der Waals surface area contributed by atoms with Crippen LogP contribution in [0.25, 0.3) is 0 Å². The first-order valence-electron chi connectivity index (χ1n) is 7.86. The van der Waals surface area contributed by atoms with Crippen LogP contribution in [0.1, 0.15) is 12.8 Å². The monoisotopic (exact) mass is 344 g/mol. The molecule has 1 saturated heterocycles. The van der Waals surface area contributed by atoms with Crippen LogP contribution in [0, 0.1) is 5.41 Å². The minimum absolute atomic E-state index is 0.0479. The predicted octanol–water partition coefficient (Wildman–Crippen LogP) is 2.32. The van der Waals surface area contributed by atoms with Crippen LogP contribution in [0.5, 0.6) is 0 Å². The van der Waals surface area contributed by atoms with Crippen molar-refractivity contribution in [1.29, 1.82) is 0 Å². The third kappa shape index (κ3) is 3.92. The number of ether oxygens (including phenoxy) is 1. The second kappa shape index (κ2) is 7.74. The summed E-state index contributed by atoms with van der Waals surface area (Å²) >= 11 is 1.45. The first-order valence-corrected chi connectivity index (χ1v) is 8.68. The molecule has 1 aliphatic heterocycles. The number of rotatable bonds is 5. The average Bonchev–Trinajstić information content (AvgIpc) is 2.63. The van der Waals surface area contributed by atoms with Gasteiger partial charge in [-0.15, -0.1) is 0 Å². The third-order valence-electron chi connectivity index (χ3n) is 4.16. The van der Waals surface area contributed by atoms with Gasteiger partial charge in [0.15, 0.2) is 0 Å². The molecule has 1 fully saturated rings. The molecule has 0 aromatic carbocycles. The van der Waals surface area contributed by atoms with Crippen molar-refractivity contribution in [3.63, 3.8) is 0 Å². The SMILES string of the molecule is NCC1(C(=O)Nc2ccnc(Sc3ccccn3)c2)CCOCC1. The number of aromatic nitrogens is 2. The molecule has 1 aliphatic rings. The van der Waals surface area contributed by atoms with Gasteiger partial charge < -0.3 is 15.8 Å². The van der Waals surface area contributed by atoms with Crippen molar-refractivity contribution in [2.24, 2.45) is 11.1 Å². The molecule has 7 heteroatoms. The van der Waals surface area contributed by atoms with E-state index in [1.54, 1.807) is 18.5 Å². The Labute approximate surface area is 145 Å². The zero-order chi connectivity index (χ0) is 16.8. The number of nitrogens with zero attached hydrogens (tertiary/aromatic N) is 2. The first-order chi connectivity index (χ1) is 11.7. The molecule has 0 saturated carbocycles. The average molecular weight is 344 g/mol. The highest BCUT2D eigenvalue weighted by Gasteiger charge is 2.38. The molecule has 3 heterocycles. The number of carbonyl (C=O) groups excluding carboxylic acids is 1. The lowest BCUT2D eigenvalue weighted by molar-refractivity contribution is -0.130. The summed E-state index contributed by atoms with van der Waals surface area (Å²) in [5.41, 5.74) is 6.05. The predicted molar refractivity (Wildman–Crippen MR) is 92.8 cm³/mol. The van der Waals surface area contributed by atoms with Gasteiger partial charge in [-0.2, -0.15) is 0 Å². The number of amides is 1. The molecule has 0 unspecified atom stereocenters. The molecular formula is C17H20N4O2S. The van der Waals surface area contributed by atoms with E-state index in [2.05, 4.69) is 15.3 Å². The van der Waals surface area contributed by atoms with Crippen LogP contribution in [-0.2, 0) is 9.53 Å². The molecule has 0 bridgehead atoms. The molecular weight excluding hydrogens is 324 g/mol. The Morgan fingerprint density at radius 2 is 2.00 bits per heavy atom. The number of anilines is 1. The smallest absolute Gasteiger partial charge is 0.232 e. The lowest BCUT2D eigenvalue weighted by atomic mass is 9.79. The van der Waals surface area contributed by atoms with Gasteiger partial charge in [0.25, 0.3) is 0 Å². The topological polar surface area (TPSA) is 90.1 Å². The summed E-state index contributed by atoms with van der Waals surface area (Å²) < 4.78 is 5.36. The summed E-state index contributed by atoms with van der Waals surface area (Å²) in [6.45, 7) is 1.46. The number of nitrogens with two attached hydrogens (primary N) is 1. The Bertz CT molecular complexity index is 690. The van der Waals surface area contributed by atoms with Crippen LogP contribution < -0.4 is 11.1 Å². The summed E-state index contributed by atoms with van der Waals surface area (Å²) in [7, 11) is 0. The maximum absolute atomic E-state index is 12.7. The molecule has 3 N–H and O–H groups in total. The zero-order valence-corrected chi connectivity index (χ0v) is 14.1.